The molecule has 0 heterocycles. The zero-order chi connectivity index (χ0) is 13.2. The van der Waals surface area contributed by atoms with Crippen LogP contribution < -0.4 is 4.74 Å². The van der Waals surface area contributed by atoms with Crippen molar-refractivity contribution in [2.75, 3.05) is 7.11 Å². The molecule has 0 aliphatic rings. The van der Waals surface area contributed by atoms with Gasteiger partial charge in [-0.3, -0.25) is 0 Å². The predicted octanol–water partition coefficient (Wildman–Crippen LogP) is 3.64. The molecule has 0 amide bonds. The van der Waals surface area contributed by atoms with Gasteiger partial charge in [0.05, 0.1) is 13.2 Å². The third kappa shape index (κ3) is 3.01. The van der Waals surface area contributed by atoms with Gasteiger partial charge in [0.15, 0.2) is 0 Å². The average Bonchev–Trinajstić information content (AvgIpc) is 2.25. The van der Waals surface area contributed by atoms with Crippen LogP contribution in [0.2, 0.25) is 0 Å². The largest absolute Gasteiger partial charge is 0.496 e. The van der Waals surface area contributed by atoms with Gasteiger partial charge in [0.2, 0.25) is 0 Å². The molecule has 1 aromatic carbocycles. The fraction of sp³-hybridized carbons (Fsp3) is 0.600. The molecular formula is C15H24O2. The van der Waals surface area contributed by atoms with Crippen molar-refractivity contribution in [2.24, 2.45) is 11.8 Å². The molecule has 0 aromatic heterocycles. The Labute approximate surface area is 105 Å². The minimum Gasteiger partial charge on any atom is -0.496 e. The van der Waals surface area contributed by atoms with Crippen molar-refractivity contribution < 1.29 is 9.84 Å². The molecule has 96 valence electrons. The van der Waals surface area contributed by atoms with Crippen molar-refractivity contribution in [3.8, 4) is 5.75 Å². The van der Waals surface area contributed by atoms with E-state index < -0.39 is 6.10 Å². The zero-order valence-electron chi connectivity index (χ0n) is 11.7. The first-order valence-corrected chi connectivity index (χ1v) is 6.21. The van der Waals surface area contributed by atoms with Crippen molar-refractivity contribution in [3.05, 3.63) is 28.8 Å². The van der Waals surface area contributed by atoms with Crippen LogP contribution in [0.1, 0.15) is 43.6 Å². The molecule has 17 heavy (non-hydrogen) atoms. The fourth-order valence-corrected chi connectivity index (χ4v) is 2.12. The summed E-state index contributed by atoms with van der Waals surface area (Å²) in [6.07, 6.45) is -0.467. The highest BCUT2D eigenvalue weighted by Crippen LogP contribution is 2.36. The second kappa shape index (κ2) is 5.54. The van der Waals surface area contributed by atoms with Gasteiger partial charge in [0.1, 0.15) is 5.75 Å². The van der Waals surface area contributed by atoms with Gasteiger partial charge in [-0.1, -0.05) is 26.8 Å². The fourth-order valence-electron chi connectivity index (χ4n) is 2.12. The third-order valence-electron chi connectivity index (χ3n) is 3.56. The molecule has 0 fully saturated rings. The summed E-state index contributed by atoms with van der Waals surface area (Å²) in [5.41, 5.74) is 3.19. The Kier molecular flexibility index (Phi) is 4.58. The molecule has 2 atom stereocenters. The first-order valence-electron chi connectivity index (χ1n) is 6.21. The van der Waals surface area contributed by atoms with Gasteiger partial charge in [0, 0.05) is 5.56 Å². The smallest absolute Gasteiger partial charge is 0.125 e. The molecule has 0 bridgehead atoms. The van der Waals surface area contributed by atoms with Gasteiger partial charge in [-0.15, -0.1) is 0 Å². The average molecular weight is 236 g/mol. The van der Waals surface area contributed by atoms with Crippen LogP contribution in [0.15, 0.2) is 12.1 Å². The second-order valence-corrected chi connectivity index (χ2v) is 5.25. The predicted molar refractivity (Wildman–Crippen MR) is 71.4 cm³/mol. The maximum absolute atomic E-state index is 10.5. The molecule has 2 nitrogen and oxygen atoms in total. The summed E-state index contributed by atoms with van der Waals surface area (Å²) >= 11 is 0. The summed E-state index contributed by atoms with van der Waals surface area (Å²) in [5, 5.41) is 10.5. The number of rotatable bonds is 4. The normalized spacial score (nSPS) is 14.8. The summed E-state index contributed by atoms with van der Waals surface area (Å²) in [6, 6.07) is 4.08. The van der Waals surface area contributed by atoms with E-state index in [9.17, 15) is 5.11 Å². The first-order chi connectivity index (χ1) is 7.88. The van der Waals surface area contributed by atoms with E-state index in [0.29, 0.717) is 5.92 Å². The van der Waals surface area contributed by atoms with Gasteiger partial charge >= 0.3 is 0 Å². The lowest BCUT2D eigenvalue weighted by atomic mass is 9.85. The van der Waals surface area contributed by atoms with Crippen LogP contribution in [0.5, 0.6) is 5.75 Å². The van der Waals surface area contributed by atoms with Gasteiger partial charge in [-0.05, 0) is 42.9 Å². The number of aliphatic hydroxyl groups excluding tert-OH is 1. The molecular weight excluding hydrogens is 212 g/mol. The lowest BCUT2D eigenvalue weighted by molar-refractivity contribution is 0.0889. The quantitative estimate of drug-likeness (QED) is 0.865. The zero-order valence-corrected chi connectivity index (χ0v) is 11.7. The summed E-state index contributed by atoms with van der Waals surface area (Å²) < 4.78 is 5.40. The van der Waals surface area contributed by atoms with Gasteiger partial charge in [0.25, 0.3) is 0 Å². The van der Waals surface area contributed by atoms with Crippen LogP contribution in [0.3, 0.4) is 0 Å². The Morgan fingerprint density at radius 2 is 1.71 bits per heavy atom. The summed E-state index contributed by atoms with van der Waals surface area (Å²) in [4.78, 5) is 0. The van der Waals surface area contributed by atoms with Crippen molar-refractivity contribution in [2.45, 2.75) is 40.7 Å². The van der Waals surface area contributed by atoms with E-state index in [1.807, 2.05) is 19.9 Å². The number of ether oxygens (including phenoxy) is 1. The maximum atomic E-state index is 10.5. The SMILES string of the molecule is COc1cc(C)cc(C)c1C(O)C(C)C(C)C. The van der Waals surface area contributed by atoms with Gasteiger partial charge in [-0.2, -0.15) is 0 Å². The molecule has 0 saturated heterocycles. The molecule has 0 radical (unpaired) electrons. The Hall–Kier alpha value is -1.02. The summed E-state index contributed by atoms with van der Waals surface area (Å²) in [5.74, 6) is 1.45. The number of benzene rings is 1. The van der Waals surface area contributed by atoms with Crippen LogP contribution in [0.25, 0.3) is 0 Å². The van der Waals surface area contributed by atoms with Gasteiger partial charge < -0.3 is 9.84 Å². The van der Waals surface area contributed by atoms with E-state index in [-0.39, 0.29) is 5.92 Å². The summed E-state index contributed by atoms with van der Waals surface area (Å²) in [7, 11) is 1.66. The van der Waals surface area contributed by atoms with E-state index in [2.05, 4.69) is 26.8 Å². The van der Waals surface area contributed by atoms with Crippen molar-refractivity contribution in [1.82, 2.24) is 0 Å². The highest BCUT2D eigenvalue weighted by Gasteiger charge is 2.24. The molecule has 1 aromatic rings. The topological polar surface area (TPSA) is 29.5 Å². The minimum atomic E-state index is -0.467. The van der Waals surface area contributed by atoms with E-state index in [0.717, 1.165) is 22.4 Å². The van der Waals surface area contributed by atoms with E-state index in [1.54, 1.807) is 7.11 Å². The number of hydrogen-bond donors (Lipinski definition) is 1. The van der Waals surface area contributed by atoms with Crippen LogP contribution >= 0.6 is 0 Å². The minimum absolute atomic E-state index is 0.213. The lowest BCUT2D eigenvalue weighted by Gasteiger charge is -2.26. The monoisotopic (exact) mass is 236 g/mol. The molecule has 0 aliphatic carbocycles. The Morgan fingerprint density at radius 1 is 1.12 bits per heavy atom. The highest BCUT2D eigenvalue weighted by atomic mass is 16.5. The van der Waals surface area contributed by atoms with Crippen molar-refractivity contribution in [3.63, 3.8) is 0 Å². The Bertz CT molecular complexity index is 383. The molecule has 2 unspecified atom stereocenters. The number of methoxy groups -OCH3 is 1. The van der Waals surface area contributed by atoms with Crippen LogP contribution in [0, 0.1) is 25.7 Å². The van der Waals surface area contributed by atoms with Gasteiger partial charge in [-0.25, -0.2) is 0 Å². The van der Waals surface area contributed by atoms with E-state index >= 15 is 0 Å². The van der Waals surface area contributed by atoms with E-state index in [1.165, 1.54) is 0 Å². The molecule has 0 aliphatic heterocycles. The van der Waals surface area contributed by atoms with Crippen LogP contribution in [0.4, 0.5) is 0 Å². The third-order valence-corrected chi connectivity index (χ3v) is 3.56. The number of aliphatic hydroxyl groups is 1. The van der Waals surface area contributed by atoms with Crippen molar-refractivity contribution >= 4 is 0 Å². The standard InChI is InChI=1S/C15H24O2/c1-9(2)12(5)15(16)14-11(4)7-10(3)8-13(14)17-6/h7-9,12,15-16H,1-6H3. The molecule has 0 spiro atoms. The number of aryl methyl sites for hydroxylation is 2. The Balaban J connectivity index is 3.20. The van der Waals surface area contributed by atoms with Crippen LogP contribution in [-0.4, -0.2) is 12.2 Å². The summed E-state index contributed by atoms with van der Waals surface area (Å²) in [6.45, 7) is 10.4. The molecule has 1 N–H and O–H groups in total. The number of hydrogen-bond acceptors (Lipinski definition) is 2. The van der Waals surface area contributed by atoms with E-state index in [4.69, 9.17) is 4.74 Å². The first kappa shape index (κ1) is 14.0. The lowest BCUT2D eigenvalue weighted by Crippen LogP contribution is -2.17. The second-order valence-electron chi connectivity index (χ2n) is 5.25. The molecule has 1 rings (SSSR count). The highest BCUT2D eigenvalue weighted by molar-refractivity contribution is 5.44. The van der Waals surface area contributed by atoms with Crippen LogP contribution in [-0.2, 0) is 0 Å². The molecule has 0 saturated carbocycles. The molecule has 2 heteroatoms. The Morgan fingerprint density at radius 3 is 2.18 bits per heavy atom. The van der Waals surface area contributed by atoms with Crippen molar-refractivity contribution in [1.29, 1.82) is 0 Å². The maximum Gasteiger partial charge on any atom is 0.125 e.